The van der Waals surface area contributed by atoms with Gasteiger partial charge in [0.15, 0.2) is 0 Å². The van der Waals surface area contributed by atoms with E-state index in [4.69, 9.17) is 20.9 Å². The normalized spacial score (nSPS) is 14.4. The number of fused-ring (bicyclic) bond motifs is 2. The Bertz CT molecular complexity index is 1120. The fourth-order valence-electron chi connectivity index (χ4n) is 3.22. The lowest BCUT2D eigenvalue weighted by Gasteiger charge is -2.29. The molecule has 7 heteroatoms. The van der Waals surface area contributed by atoms with Crippen LogP contribution in [0, 0.1) is 18.3 Å². The summed E-state index contributed by atoms with van der Waals surface area (Å²) in [4.78, 5) is 5.31. The van der Waals surface area contributed by atoms with Gasteiger partial charge in [0.1, 0.15) is 28.9 Å². The van der Waals surface area contributed by atoms with E-state index in [1.54, 1.807) is 18.9 Å². The second kappa shape index (κ2) is 6.98. The number of nitrogen functional groups attached to an aromatic ring is 2. The predicted molar refractivity (Wildman–Crippen MR) is 110 cm³/mol. The molecule has 0 fully saturated rings. The average Bonchev–Trinajstić information content (AvgIpc) is 2.68. The van der Waals surface area contributed by atoms with Crippen molar-refractivity contribution in [3.8, 4) is 23.4 Å². The van der Waals surface area contributed by atoms with Crippen molar-refractivity contribution >= 4 is 23.3 Å². The van der Waals surface area contributed by atoms with E-state index in [1.165, 1.54) is 0 Å². The second-order valence-corrected chi connectivity index (χ2v) is 7.62. The van der Waals surface area contributed by atoms with Crippen LogP contribution in [0.2, 0.25) is 0 Å². The van der Waals surface area contributed by atoms with E-state index in [9.17, 15) is 5.26 Å². The standard InChI is InChI=1S/C21H18N4O2S/c1-11-6-7-16-14(8-11)19(28-13-5-3-4-12(9-13)26-2)17-18(23)15(10-22)20(24)25-21(17)27-16/h3-9,19H,1-2H3,(H4,23,24,25). The molecule has 140 valence electrons. The monoisotopic (exact) mass is 390 g/mol. The first-order valence-corrected chi connectivity index (χ1v) is 9.48. The molecule has 0 spiro atoms. The zero-order valence-electron chi connectivity index (χ0n) is 15.4. The highest BCUT2D eigenvalue weighted by Gasteiger charge is 2.33. The number of thioether (sulfide) groups is 1. The number of ether oxygens (including phenoxy) is 2. The van der Waals surface area contributed by atoms with E-state index in [-0.39, 0.29) is 16.6 Å². The number of nitriles is 1. The third-order valence-corrected chi connectivity index (χ3v) is 5.84. The number of pyridine rings is 1. The molecule has 4 rings (SSSR count). The zero-order valence-corrected chi connectivity index (χ0v) is 16.2. The Labute approximate surface area is 167 Å². The lowest BCUT2D eigenvalue weighted by atomic mass is 9.97. The summed E-state index contributed by atoms with van der Waals surface area (Å²) in [5.74, 6) is 1.88. The molecule has 4 N–H and O–H groups in total. The summed E-state index contributed by atoms with van der Waals surface area (Å²) in [6.45, 7) is 2.02. The van der Waals surface area contributed by atoms with Gasteiger partial charge in [-0.25, -0.2) is 0 Å². The summed E-state index contributed by atoms with van der Waals surface area (Å²) >= 11 is 1.60. The van der Waals surface area contributed by atoms with Crippen LogP contribution in [0.3, 0.4) is 0 Å². The Kier molecular flexibility index (Phi) is 4.49. The van der Waals surface area contributed by atoms with Gasteiger partial charge in [-0.3, -0.25) is 0 Å². The molecule has 0 bridgehead atoms. The fourth-order valence-corrected chi connectivity index (χ4v) is 4.49. The van der Waals surface area contributed by atoms with Gasteiger partial charge in [0.25, 0.3) is 0 Å². The van der Waals surface area contributed by atoms with Gasteiger partial charge in [-0.15, -0.1) is 11.8 Å². The topological polar surface area (TPSA) is 107 Å². The SMILES string of the molecule is COc1cccc(SC2c3cc(C)ccc3Oc3nc(N)c(C#N)c(N)c32)c1. The number of nitrogens with zero attached hydrogens (tertiary/aromatic N) is 2. The van der Waals surface area contributed by atoms with Crippen LogP contribution >= 0.6 is 11.8 Å². The van der Waals surface area contributed by atoms with Crippen molar-refractivity contribution in [3.63, 3.8) is 0 Å². The molecule has 0 amide bonds. The molecular weight excluding hydrogens is 372 g/mol. The van der Waals surface area contributed by atoms with Crippen molar-refractivity contribution in [2.45, 2.75) is 17.1 Å². The molecular formula is C21H18N4O2S. The highest BCUT2D eigenvalue weighted by Crippen LogP contribution is 2.54. The number of nitrogens with two attached hydrogens (primary N) is 2. The predicted octanol–water partition coefficient (Wildman–Crippen LogP) is 4.42. The smallest absolute Gasteiger partial charge is 0.228 e. The molecule has 28 heavy (non-hydrogen) atoms. The lowest BCUT2D eigenvalue weighted by molar-refractivity contribution is 0.413. The van der Waals surface area contributed by atoms with Gasteiger partial charge >= 0.3 is 0 Å². The maximum atomic E-state index is 9.47. The van der Waals surface area contributed by atoms with Gasteiger partial charge in [0, 0.05) is 10.5 Å². The largest absolute Gasteiger partial charge is 0.497 e. The summed E-state index contributed by atoms with van der Waals surface area (Å²) in [5.41, 5.74) is 15.5. The van der Waals surface area contributed by atoms with E-state index in [0.717, 1.165) is 21.8 Å². The van der Waals surface area contributed by atoms with Crippen LogP contribution in [0.1, 0.15) is 27.5 Å². The molecule has 2 aromatic carbocycles. The molecule has 3 aromatic rings. The number of hydrogen-bond donors (Lipinski definition) is 2. The van der Waals surface area contributed by atoms with Crippen molar-refractivity contribution in [1.29, 1.82) is 5.26 Å². The first kappa shape index (κ1) is 18.0. The second-order valence-electron chi connectivity index (χ2n) is 6.44. The van der Waals surface area contributed by atoms with Crippen LogP contribution in [0.15, 0.2) is 47.4 Å². The van der Waals surface area contributed by atoms with Gasteiger partial charge in [-0.2, -0.15) is 10.2 Å². The third kappa shape index (κ3) is 2.98. The van der Waals surface area contributed by atoms with Crippen molar-refractivity contribution in [2.24, 2.45) is 0 Å². The van der Waals surface area contributed by atoms with Crippen molar-refractivity contribution in [2.75, 3.05) is 18.6 Å². The zero-order chi connectivity index (χ0) is 19.8. The fraction of sp³-hybridized carbons (Fsp3) is 0.143. The van der Waals surface area contributed by atoms with Crippen molar-refractivity contribution in [1.82, 2.24) is 4.98 Å². The number of rotatable bonds is 3. The van der Waals surface area contributed by atoms with Crippen LogP contribution < -0.4 is 20.9 Å². The van der Waals surface area contributed by atoms with Crippen LogP contribution in [0.4, 0.5) is 11.5 Å². The van der Waals surface area contributed by atoms with E-state index in [1.807, 2.05) is 43.3 Å². The lowest BCUT2D eigenvalue weighted by Crippen LogP contribution is -2.15. The van der Waals surface area contributed by atoms with E-state index < -0.39 is 0 Å². The first-order valence-electron chi connectivity index (χ1n) is 8.60. The number of aryl methyl sites for hydroxylation is 1. The highest BCUT2D eigenvalue weighted by molar-refractivity contribution is 7.99. The summed E-state index contributed by atoms with van der Waals surface area (Å²) in [7, 11) is 1.63. The average molecular weight is 390 g/mol. The molecule has 2 heterocycles. The molecule has 0 saturated carbocycles. The summed E-state index contributed by atoms with van der Waals surface area (Å²) in [5, 5.41) is 9.27. The van der Waals surface area contributed by atoms with E-state index >= 15 is 0 Å². The molecule has 0 aliphatic carbocycles. The molecule has 1 aromatic heterocycles. The summed E-state index contributed by atoms with van der Waals surface area (Å²) < 4.78 is 11.3. The van der Waals surface area contributed by atoms with Gasteiger partial charge < -0.3 is 20.9 Å². The Morgan fingerprint density at radius 3 is 2.79 bits per heavy atom. The van der Waals surface area contributed by atoms with Crippen LogP contribution in [0.25, 0.3) is 0 Å². The Balaban J connectivity index is 1.91. The molecule has 1 aliphatic rings. The maximum absolute atomic E-state index is 9.47. The Hall–Kier alpha value is -3.37. The minimum absolute atomic E-state index is 0.0689. The van der Waals surface area contributed by atoms with Gasteiger partial charge in [-0.1, -0.05) is 23.8 Å². The Morgan fingerprint density at radius 1 is 1.21 bits per heavy atom. The first-order chi connectivity index (χ1) is 13.5. The molecule has 1 atom stereocenters. The number of aromatic nitrogens is 1. The minimum atomic E-state index is -0.203. The molecule has 0 radical (unpaired) electrons. The van der Waals surface area contributed by atoms with Crippen LogP contribution in [0.5, 0.6) is 17.4 Å². The number of methoxy groups -OCH3 is 1. The molecule has 6 nitrogen and oxygen atoms in total. The number of hydrogen-bond acceptors (Lipinski definition) is 7. The Morgan fingerprint density at radius 2 is 2.04 bits per heavy atom. The highest BCUT2D eigenvalue weighted by atomic mass is 32.2. The summed E-state index contributed by atoms with van der Waals surface area (Å²) in [6, 6.07) is 15.8. The van der Waals surface area contributed by atoms with Crippen LogP contribution in [-0.2, 0) is 0 Å². The maximum Gasteiger partial charge on any atom is 0.228 e. The number of anilines is 2. The van der Waals surface area contributed by atoms with E-state index in [0.29, 0.717) is 22.9 Å². The van der Waals surface area contributed by atoms with Crippen molar-refractivity contribution < 1.29 is 9.47 Å². The van der Waals surface area contributed by atoms with Crippen molar-refractivity contribution in [3.05, 3.63) is 64.7 Å². The number of benzene rings is 2. The van der Waals surface area contributed by atoms with Crippen LogP contribution in [-0.4, -0.2) is 12.1 Å². The molecule has 1 unspecified atom stereocenters. The van der Waals surface area contributed by atoms with Gasteiger partial charge in [-0.05, 0) is 31.2 Å². The van der Waals surface area contributed by atoms with E-state index in [2.05, 4.69) is 17.1 Å². The quantitative estimate of drug-likeness (QED) is 0.681. The summed E-state index contributed by atoms with van der Waals surface area (Å²) in [6.07, 6.45) is 0. The molecule has 1 aliphatic heterocycles. The minimum Gasteiger partial charge on any atom is -0.497 e. The van der Waals surface area contributed by atoms with Gasteiger partial charge in [0.05, 0.1) is 23.6 Å². The molecule has 0 saturated heterocycles. The third-order valence-electron chi connectivity index (χ3n) is 4.59. The van der Waals surface area contributed by atoms with Gasteiger partial charge in [0.2, 0.25) is 5.88 Å².